The Kier molecular flexibility index (Phi) is 4.49. The van der Waals surface area contributed by atoms with Crippen molar-refractivity contribution in [2.45, 2.75) is 0 Å². The number of nitro groups is 1. The van der Waals surface area contributed by atoms with E-state index in [1.807, 2.05) is 0 Å². The molecule has 0 unspecified atom stereocenters. The molecule has 20 heavy (non-hydrogen) atoms. The van der Waals surface area contributed by atoms with Crippen LogP contribution in [0.3, 0.4) is 0 Å². The predicted octanol–water partition coefficient (Wildman–Crippen LogP) is 3.74. The molecule has 2 aromatic rings. The van der Waals surface area contributed by atoms with Crippen LogP contribution < -0.4 is 5.43 Å². The highest BCUT2D eigenvalue weighted by Crippen LogP contribution is 2.22. The van der Waals surface area contributed by atoms with Gasteiger partial charge in [-0.25, -0.2) is 4.98 Å². The van der Waals surface area contributed by atoms with Crippen molar-refractivity contribution in [3.8, 4) is 0 Å². The van der Waals surface area contributed by atoms with Gasteiger partial charge >= 0.3 is 0 Å². The lowest BCUT2D eigenvalue weighted by molar-refractivity contribution is -0.385. The minimum atomic E-state index is -0.477. The number of nitrogens with one attached hydrogen (secondary N) is 1. The zero-order chi connectivity index (χ0) is 14.5. The fourth-order valence-electron chi connectivity index (χ4n) is 1.42. The van der Waals surface area contributed by atoms with Crippen molar-refractivity contribution in [3.05, 3.63) is 62.3 Å². The molecule has 0 radical (unpaired) electrons. The molecule has 1 N–H and O–H groups in total. The second kappa shape index (κ2) is 6.31. The normalized spacial score (nSPS) is 10.7. The number of para-hydroxylation sites is 1. The molecule has 0 aliphatic heterocycles. The first kappa shape index (κ1) is 14.2. The largest absolute Gasteiger partial charge is 0.278 e. The molecule has 102 valence electrons. The monoisotopic (exact) mass is 310 g/mol. The lowest BCUT2D eigenvalue weighted by atomic mass is 10.2. The second-order valence-electron chi connectivity index (χ2n) is 3.67. The van der Waals surface area contributed by atoms with E-state index in [0.717, 1.165) is 0 Å². The number of halogens is 2. The summed E-state index contributed by atoms with van der Waals surface area (Å²) in [6, 6.07) is 7.76. The summed E-state index contributed by atoms with van der Waals surface area (Å²) >= 11 is 11.6. The van der Waals surface area contributed by atoms with Gasteiger partial charge in [-0.2, -0.15) is 5.10 Å². The van der Waals surface area contributed by atoms with Crippen molar-refractivity contribution in [1.29, 1.82) is 0 Å². The highest BCUT2D eigenvalue weighted by molar-refractivity contribution is 6.35. The van der Waals surface area contributed by atoms with Gasteiger partial charge in [0.1, 0.15) is 0 Å². The summed E-state index contributed by atoms with van der Waals surface area (Å²) in [6.45, 7) is 0. The number of nitro benzene ring substituents is 1. The molecule has 1 aromatic carbocycles. The molecule has 6 nitrogen and oxygen atoms in total. The lowest BCUT2D eigenvalue weighted by Crippen LogP contribution is -1.97. The number of pyridine rings is 1. The molecule has 0 saturated carbocycles. The molecule has 8 heteroatoms. The van der Waals surface area contributed by atoms with Crippen LogP contribution in [0.15, 0.2) is 41.6 Å². The summed E-state index contributed by atoms with van der Waals surface area (Å²) in [5.74, 6) is 0.311. The third-order valence-corrected chi connectivity index (χ3v) is 2.81. The first-order valence-electron chi connectivity index (χ1n) is 5.41. The van der Waals surface area contributed by atoms with Gasteiger partial charge in [0.2, 0.25) is 0 Å². The Morgan fingerprint density at radius 2 is 2.10 bits per heavy atom. The van der Waals surface area contributed by atoms with Gasteiger partial charge in [0.05, 0.1) is 26.7 Å². The van der Waals surface area contributed by atoms with Gasteiger partial charge in [-0.15, -0.1) is 0 Å². The average Bonchev–Trinajstić information content (AvgIpc) is 2.41. The number of aromatic nitrogens is 1. The summed E-state index contributed by atoms with van der Waals surface area (Å²) in [5.41, 5.74) is 2.94. The van der Waals surface area contributed by atoms with E-state index in [1.54, 1.807) is 18.2 Å². The van der Waals surface area contributed by atoms with Crippen molar-refractivity contribution in [1.82, 2.24) is 4.98 Å². The first-order chi connectivity index (χ1) is 9.58. The highest BCUT2D eigenvalue weighted by Gasteiger charge is 2.10. The fourth-order valence-corrected chi connectivity index (χ4v) is 1.85. The van der Waals surface area contributed by atoms with Crippen molar-refractivity contribution in [2.24, 2.45) is 5.10 Å². The predicted molar refractivity (Wildman–Crippen MR) is 78.6 cm³/mol. The van der Waals surface area contributed by atoms with E-state index in [2.05, 4.69) is 15.5 Å². The van der Waals surface area contributed by atoms with Gasteiger partial charge in [0, 0.05) is 12.3 Å². The van der Waals surface area contributed by atoms with Crippen LogP contribution in [-0.4, -0.2) is 16.1 Å². The van der Waals surface area contributed by atoms with E-state index >= 15 is 0 Å². The van der Waals surface area contributed by atoms with Crippen LogP contribution >= 0.6 is 23.2 Å². The van der Waals surface area contributed by atoms with Crippen LogP contribution in [0.1, 0.15) is 5.56 Å². The molecule has 0 aliphatic carbocycles. The van der Waals surface area contributed by atoms with E-state index in [0.29, 0.717) is 21.4 Å². The molecule has 0 saturated heterocycles. The van der Waals surface area contributed by atoms with Gasteiger partial charge in [-0.05, 0) is 12.1 Å². The van der Waals surface area contributed by atoms with Crippen molar-refractivity contribution < 1.29 is 4.92 Å². The second-order valence-corrected chi connectivity index (χ2v) is 4.51. The summed E-state index contributed by atoms with van der Waals surface area (Å²) in [4.78, 5) is 14.3. The van der Waals surface area contributed by atoms with Crippen LogP contribution in [0, 0.1) is 10.1 Å². The van der Waals surface area contributed by atoms with Crippen molar-refractivity contribution in [2.75, 3.05) is 5.43 Å². The van der Waals surface area contributed by atoms with Crippen LogP contribution in [0.2, 0.25) is 10.0 Å². The average molecular weight is 311 g/mol. The highest BCUT2D eigenvalue weighted by atomic mass is 35.5. The van der Waals surface area contributed by atoms with Crippen molar-refractivity contribution >= 4 is 40.9 Å². The molecule has 1 aromatic heterocycles. The maximum atomic E-state index is 10.8. The Hall–Kier alpha value is -2.18. The van der Waals surface area contributed by atoms with Gasteiger partial charge in [0.25, 0.3) is 5.69 Å². The van der Waals surface area contributed by atoms with E-state index in [4.69, 9.17) is 23.2 Å². The van der Waals surface area contributed by atoms with Gasteiger partial charge < -0.3 is 0 Å². The fraction of sp³-hybridized carbons (Fsp3) is 0. The molecular weight excluding hydrogens is 303 g/mol. The number of benzene rings is 1. The summed E-state index contributed by atoms with van der Waals surface area (Å²) in [5, 5.41) is 15.4. The quantitative estimate of drug-likeness (QED) is 0.530. The number of nitrogens with zero attached hydrogens (tertiary/aromatic N) is 3. The number of hydrazone groups is 1. The molecule has 0 spiro atoms. The Bertz CT molecular complexity index is 676. The summed E-state index contributed by atoms with van der Waals surface area (Å²) in [7, 11) is 0. The maximum Gasteiger partial charge on any atom is 0.278 e. The van der Waals surface area contributed by atoms with Crippen LogP contribution in [0.4, 0.5) is 11.5 Å². The molecule has 0 atom stereocenters. The standard InChI is InChI=1S/C12H8Cl2N4O2/c13-9-5-10(14)12(15-7-9)17-16-6-8-3-1-2-4-11(8)18(19)20/h1-7H,(H,15,17)/b16-6+. The summed E-state index contributed by atoms with van der Waals surface area (Å²) in [6.07, 6.45) is 2.74. The minimum absolute atomic E-state index is 0.0341. The molecule has 0 aliphatic rings. The summed E-state index contributed by atoms with van der Waals surface area (Å²) < 4.78 is 0. The molecular formula is C12H8Cl2N4O2. The number of hydrogen-bond donors (Lipinski definition) is 1. The minimum Gasteiger partial charge on any atom is -0.260 e. The molecule has 1 heterocycles. The zero-order valence-corrected chi connectivity index (χ0v) is 11.5. The topological polar surface area (TPSA) is 80.4 Å². The lowest BCUT2D eigenvalue weighted by Gasteiger charge is -2.02. The molecule has 0 amide bonds. The third-order valence-electron chi connectivity index (χ3n) is 2.32. The van der Waals surface area contributed by atoms with Gasteiger partial charge in [-0.3, -0.25) is 15.5 Å². The Balaban J connectivity index is 2.16. The van der Waals surface area contributed by atoms with E-state index in [-0.39, 0.29) is 5.69 Å². The Morgan fingerprint density at radius 1 is 1.35 bits per heavy atom. The Labute approximate surface area is 124 Å². The maximum absolute atomic E-state index is 10.8. The molecule has 0 fully saturated rings. The third kappa shape index (κ3) is 3.43. The number of rotatable bonds is 4. The van der Waals surface area contributed by atoms with E-state index < -0.39 is 4.92 Å². The first-order valence-corrected chi connectivity index (χ1v) is 6.17. The van der Waals surface area contributed by atoms with Crippen LogP contribution in [0.25, 0.3) is 0 Å². The zero-order valence-electron chi connectivity index (χ0n) is 9.96. The Morgan fingerprint density at radius 3 is 2.80 bits per heavy atom. The molecule has 0 bridgehead atoms. The number of hydrogen-bond acceptors (Lipinski definition) is 5. The van der Waals surface area contributed by atoms with E-state index in [9.17, 15) is 10.1 Å². The van der Waals surface area contributed by atoms with E-state index in [1.165, 1.54) is 24.5 Å². The van der Waals surface area contributed by atoms with Gasteiger partial charge in [-0.1, -0.05) is 35.3 Å². The van der Waals surface area contributed by atoms with Crippen molar-refractivity contribution in [3.63, 3.8) is 0 Å². The van der Waals surface area contributed by atoms with Gasteiger partial charge in [0.15, 0.2) is 5.82 Å². The van der Waals surface area contributed by atoms with Crippen LogP contribution in [0.5, 0.6) is 0 Å². The van der Waals surface area contributed by atoms with Crippen LogP contribution in [-0.2, 0) is 0 Å². The SMILES string of the molecule is O=[N+]([O-])c1ccccc1/C=N/Nc1ncc(Cl)cc1Cl. The molecule has 2 rings (SSSR count). The number of anilines is 1. The smallest absolute Gasteiger partial charge is 0.260 e.